The van der Waals surface area contributed by atoms with Crippen molar-refractivity contribution < 1.29 is 14.7 Å². The summed E-state index contributed by atoms with van der Waals surface area (Å²) in [6, 6.07) is 5.23. The monoisotopic (exact) mass is 288 g/mol. The van der Waals surface area contributed by atoms with Gasteiger partial charge in [0, 0.05) is 23.1 Å². The van der Waals surface area contributed by atoms with Gasteiger partial charge in [0.2, 0.25) is 5.91 Å². The Hall–Kier alpha value is -2.32. The van der Waals surface area contributed by atoms with Crippen LogP contribution in [0.2, 0.25) is 0 Å². The summed E-state index contributed by atoms with van der Waals surface area (Å²) in [4.78, 5) is 23.3. The van der Waals surface area contributed by atoms with Crippen molar-refractivity contribution in [1.82, 2.24) is 5.32 Å². The second-order valence-electron chi connectivity index (χ2n) is 5.47. The van der Waals surface area contributed by atoms with Gasteiger partial charge in [-0.25, -0.2) is 0 Å². The fourth-order valence-corrected chi connectivity index (χ4v) is 1.94. The number of nitrogens with two attached hydrogens (primary N) is 1. The SMILES string of the molecule is Cc1ccc(C#CCO)cc1C(=O)NC(C)(C)CC(N)=O. The summed E-state index contributed by atoms with van der Waals surface area (Å²) in [5.74, 6) is 4.54. The van der Waals surface area contributed by atoms with E-state index in [2.05, 4.69) is 17.2 Å². The molecule has 112 valence electrons. The molecule has 0 radical (unpaired) electrons. The standard InChI is InChI=1S/C16H20N2O3/c1-11-6-7-12(5-4-8-19)9-13(11)15(21)18-16(2,3)10-14(17)20/h6-7,9,19H,8,10H2,1-3H3,(H2,17,20)(H,18,21). The molecule has 1 aromatic rings. The lowest BCUT2D eigenvalue weighted by Gasteiger charge is -2.25. The van der Waals surface area contributed by atoms with E-state index in [1.165, 1.54) is 0 Å². The minimum Gasteiger partial charge on any atom is -0.384 e. The maximum Gasteiger partial charge on any atom is 0.252 e. The van der Waals surface area contributed by atoms with Crippen LogP contribution in [0, 0.1) is 18.8 Å². The van der Waals surface area contributed by atoms with Crippen LogP contribution in [-0.2, 0) is 4.79 Å². The number of aliphatic hydroxyl groups excluding tert-OH is 1. The Labute approximate surface area is 124 Å². The van der Waals surface area contributed by atoms with Crippen LogP contribution in [0.4, 0.5) is 0 Å². The molecule has 0 spiro atoms. The molecule has 4 N–H and O–H groups in total. The van der Waals surface area contributed by atoms with Crippen LogP contribution < -0.4 is 11.1 Å². The number of carbonyl (C=O) groups is 2. The van der Waals surface area contributed by atoms with Gasteiger partial charge >= 0.3 is 0 Å². The van der Waals surface area contributed by atoms with E-state index in [1.54, 1.807) is 32.0 Å². The Morgan fingerprint density at radius 2 is 2.05 bits per heavy atom. The molecule has 1 aromatic carbocycles. The molecule has 5 heteroatoms. The molecule has 0 fully saturated rings. The molecule has 0 saturated heterocycles. The fourth-order valence-electron chi connectivity index (χ4n) is 1.94. The average Bonchev–Trinajstić information content (AvgIpc) is 2.35. The van der Waals surface area contributed by atoms with E-state index in [0.29, 0.717) is 11.1 Å². The molecular formula is C16H20N2O3. The number of aliphatic hydroxyl groups is 1. The van der Waals surface area contributed by atoms with Gasteiger partial charge in [-0.05, 0) is 38.5 Å². The Morgan fingerprint density at radius 3 is 2.62 bits per heavy atom. The van der Waals surface area contributed by atoms with Crippen molar-refractivity contribution in [3.05, 3.63) is 34.9 Å². The van der Waals surface area contributed by atoms with Crippen LogP contribution in [0.1, 0.15) is 41.8 Å². The van der Waals surface area contributed by atoms with Crippen LogP contribution in [-0.4, -0.2) is 29.1 Å². The zero-order valence-electron chi connectivity index (χ0n) is 12.5. The molecule has 0 atom stereocenters. The van der Waals surface area contributed by atoms with Crippen molar-refractivity contribution in [2.24, 2.45) is 5.73 Å². The van der Waals surface area contributed by atoms with Crippen LogP contribution in [0.3, 0.4) is 0 Å². The number of aryl methyl sites for hydroxylation is 1. The van der Waals surface area contributed by atoms with Gasteiger partial charge in [-0.1, -0.05) is 17.9 Å². The molecule has 0 aliphatic carbocycles. The van der Waals surface area contributed by atoms with E-state index < -0.39 is 11.4 Å². The second kappa shape index (κ2) is 6.91. The van der Waals surface area contributed by atoms with Gasteiger partial charge in [0.15, 0.2) is 0 Å². The predicted molar refractivity (Wildman–Crippen MR) is 80.5 cm³/mol. The number of hydrogen-bond donors (Lipinski definition) is 3. The van der Waals surface area contributed by atoms with E-state index in [1.807, 2.05) is 6.92 Å². The minimum absolute atomic E-state index is 0.0573. The summed E-state index contributed by atoms with van der Waals surface area (Å²) in [7, 11) is 0. The highest BCUT2D eigenvalue weighted by Gasteiger charge is 2.24. The number of amides is 2. The minimum atomic E-state index is -0.720. The van der Waals surface area contributed by atoms with Crippen molar-refractivity contribution in [2.75, 3.05) is 6.61 Å². The number of primary amides is 1. The van der Waals surface area contributed by atoms with E-state index in [-0.39, 0.29) is 18.9 Å². The van der Waals surface area contributed by atoms with Crippen molar-refractivity contribution in [3.63, 3.8) is 0 Å². The summed E-state index contributed by atoms with van der Waals surface area (Å²) in [6.07, 6.45) is 0.0573. The largest absolute Gasteiger partial charge is 0.384 e. The first-order valence-corrected chi connectivity index (χ1v) is 6.56. The van der Waals surface area contributed by atoms with Gasteiger partial charge in [-0.2, -0.15) is 0 Å². The van der Waals surface area contributed by atoms with Gasteiger partial charge in [0.25, 0.3) is 5.91 Å². The first kappa shape index (κ1) is 16.7. The van der Waals surface area contributed by atoms with E-state index in [4.69, 9.17) is 10.8 Å². The summed E-state index contributed by atoms with van der Waals surface area (Å²) < 4.78 is 0. The van der Waals surface area contributed by atoms with Crippen LogP contribution >= 0.6 is 0 Å². The molecule has 0 aliphatic rings. The lowest BCUT2D eigenvalue weighted by molar-refractivity contribution is -0.119. The summed E-state index contributed by atoms with van der Waals surface area (Å²) in [5.41, 5.74) is 6.38. The molecule has 0 unspecified atom stereocenters. The lowest BCUT2D eigenvalue weighted by Crippen LogP contribution is -2.46. The highest BCUT2D eigenvalue weighted by atomic mass is 16.2. The smallest absolute Gasteiger partial charge is 0.252 e. The lowest BCUT2D eigenvalue weighted by atomic mass is 9.98. The predicted octanol–water partition coefficient (Wildman–Crippen LogP) is 0.723. The van der Waals surface area contributed by atoms with Crippen LogP contribution in [0.25, 0.3) is 0 Å². The highest BCUT2D eigenvalue weighted by molar-refractivity contribution is 5.96. The van der Waals surface area contributed by atoms with Gasteiger partial charge in [0.05, 0.1) is 0 Å². The zero-order chi connectivity index (χ0) is 16.0. The van der Waals surface area contributed by atoms with Crippen molar-refractivity contribution in [1.29, 1.82) is 0 Å². The number of nitrogens with one attached hydrogen (secondary N) is 1. The molecule has 0 bridgehead atoms. The average molecular weight is 288 g/mol. The van der Waals surface area contributed by atoms with E-state index in [0.717, 1.165) is 5.56 Å². The van der Waals surface area contributed by atoms with E-state index in [9.17, 15) is 9.59 Å². The normalized spacial score (nSPS) is 10.5. The first-order chi connectivity index (χ1) is 9.75. The number of rotatable bonds is 4. The van der Waals surface area contributed by atoms with Crippen molar-refractivity contribution >= 4 is 11.8 Å². The maximum absolute atomic E-state index is 12.3. The van der Waals surface area contributed by atoms with Crippen LogP contribution in [0.5, 0.6) is 0 Å². The Balaban J connectivity index is 2.99. The third-order valence-corrected chi connectivity index (χ3v) is 2.86. The molecule has 2 amide bonds. The quantitative estimate of drug-likeness (QED) is 0.713. The molecule has 0 saturated carbocycles. The summed E-state index contributed by atoms with van der Waals surface area (Å²) in [6.45, 7) is 5.06. The molecule has 0 aliphatic heterocycles. The Kier molecular flexibility index (Phi) is 5.51. The summed E-state index contributed by atoms with van der Waals surface area (Å²) in [5, 5.41) is 11.5. The number of hydrogen-bond acceptors (Lipinski definition) is 3. The van der Waals surface area contributed by atoms with Gasteiger partial charge in [-0.15, -0.1) is 0 Å². The second-order valence-corrected chi connectivity index (χ2v) is 5.47. The van der Waals surface area contributed by atoms with Crippen molar-refractivity contribution in [3.8, 4) is 11.8 Å². The third-order valence-electron chi connectivity index (χ3n) is 2.86. The first-order valence-electron chi connectivity index (χ1n) is 6.56. The van der Waals surface area contributed by atoms with Gasteiger partial charge in [-0.3, -0.25) is 9.59 Å². The highest BCUT2D eigenvalue weighted by Crippen LogP contribution is 2.14. The number of benzene rings is 1. The fraction of sp³-hybridized carbons (Fsp3) is 0.375. The molecule has 5 nitrogen and oxygen atoms in total. The Bertz CT molecular complexity index is 610. The third kappa shape index (κ3) is 5.28. The number of carbonyl (C=O) groups excluding carboxylic acids is 2. The molecule has 0 heterocycles. The molecular weight excluding hydrogens is 268 g/mol. The van der Waals surface area contributed by atoms with Gasteiger partial charge in [0.1, 0.15) is 6.61 Å². The van der Waals surface area contributed by atoms with Crippen molar-refractivity contribution in [2.45, 2.75) is 32.7 Å². The van der Waals surface area contributed by atoms with Crippen LogP contribution in [0.15, 0.2) is 18.2 Å². The molecule has 0 aromatic heterocycles. The topological polar surface area (TPSA) is 92.4 Å². The molecule has 1 rings (SSSR count). The van der Waals surface area contributed by atoms with E-state index >= 15 is 0 Å². The maximum atomic E-state index is 12.3. The molecule has 21 heavy (non-hydrogen) atoms. The van der Waals surface area contributed by atoms with Gasteiger partial charge < -0.3 is 16.2 Å². The summed E-state index contributed by atoms with van der Waals surface area (Å²) >= 11 is 0. The Morgan fingerprint density at radius 1 is 1.38 bits per heavy atom. The zero-order valence-corrected chi connectivity index (χ0v) is 12.5.